The van der Waals surface area contributed by atoms with Crippen molar-refractivity contribution in [1.29, 1.82) is 0 Å². The molecular weight excluding hydrogens is 382 g/mol. The second kappa shape index (κ2) is 7.77. The van der Waals surface area contributed by atoms with E-state index in [-0.39, 0.29) is 5.95 Å². The average Bonchev–Trinajstić information content (AvgIpc) is 3.45. The molecule has 1 saturated heterocycles. The van der Waals surface area contributed by atoms with Crippen LogP contribution in [0.25, 0.3) is 17.2 Å². The molecule has 1 atom stereocenters. The molecule has 154 valence electrons. The average molecular weight is 405 g/mol. The Labute approximate surface area is 173 Å². The van der Waals surface area contributed by atoms with E-state index in [1.54, 1.807) is 12.3 Å². The van der Waals surface area contributed by atoms with E-state index in [2.05, 4.69) is 24.9 Å². The van der Waals surface area contributed by atoms with Gasteiger partial charge >= 0.3 is 0 Å². The molecule has 3 aromatic heterocycles. The lowest BCUT2D eigenvalue weighted by molar-refractivity contribution is 0.109. The highest BCUT2D eigenvalue weighted by atomic mass is 16.3. The van der Waals surface area contributed by atoms with Gasteiger partial charge in [0, 0.05) is 38.8 Å². The molecule has 1 aliphatic heterocycles. The van der Waals surface area contributed by atoms with Gasteiger partial charge in [-0.2, -0.15) is 9.50 Å². The van der Waals surface area contributed by atoms with Crippen LogP contribution in [0.3, 0.4) is 0 Å². The monoisotopic (exact) mass is 405 g/mol. The van der Waals surface area contributed by atoms with Gasteiger partial charge in [0.25, 0.3) is 0 Å². The van der Waals surface area contributed by atoms with Crippen LogP contribution in [0.15, 0.2) is 59.2 Å². The molecule has 3 N–H and O–H groups in total. The first kappa shape index (κ1) is 18.6. The molecule has 1 unspecified atom stereocenters. The van der Waals surface area contributed by atoms with Gasteiger partial charge in [0.1, 0.15) is 5.82 Å². The number of aliphatic hydroxyl groups excluding tert-OH is 1. The van der Waals surface area contributed by atoms with Crippen molar-refractivity contribution in [2.75, 3.05) is 43.4 Å². The number of hydrogen-bond acceptors (Lipinski definition) is 8. The molecular formula is C21H23N7O2. The first-order valence-electron chi connectivity index (χ1n) is 9.95. The van der Waals surface area contributed by atoms with Crippen LogP contribution in [0.5, 0.6) is 0 Å². The Hall–Kier alpha value is -3.43. The topological polar surface area (TPSA) is 109 Å². The van der Waals surface area contributed by atoms with Gasteiger partial charge in [0.2, 0.25) is 11.8 Å². The molecule has 9 nitrogen and oxygen atoms in total. The Morgan fingerprint density at radius 3 is 2.57 bits per heavy atom. The zero-order valence-corrected chi connectivity index (χ0v) is 16.4. The van der Waals surface area contributed by atoms with Gasteiger partial charge in [0.05, 0.1) is 12.4 Å². The number of nitrogens with two attached hydrogens (primary N) is 1. The number of hydrogen-bond donors (Lipinski definition) is 2. The smallest absolute Gasteiger partial charge is 0.225 e. The molecule has 30 heavy (non-hydrogen) atoms. The highest BCUT2D eigenvalue weighted by molar-refractivity contribution is 5.59. The van der Waals surface area contributed by atoms with Crippen molar-refractivity contribution in [3.05, 3.63) is 60.4 Å². The van der Waals surface area contributed by atoms with Crippen molar-refractivity contribution in [2.24, 2.45) is 0 Å². The third-order valence-corrected chi connectivity index (χ3v) is 5.39. The zero-order chi connectivity index (χ0) is 20.5. The first-order chi connectivity index (χ1) is 14.7. The van der Waals surface area contributed by atoms with E-state index in [0.29, 0.717) is 23.8 Å². The number of aromatic nitrogens is 4. The molecule has 1 fully saturated rings. The van der Waals surface area contributed by atoms with Gasteiger partial charge in [-0.25, -0.2) is 4.98 Å². The molecule has 0 aliphatic carbocycles. The third-order valence-electron chi connectivity index (χ3n) is 5.39. The summed E-state index contributed by atoms with van der Waals surface area (Å²) in [6, 6.07) is 15.3. The molecule has 0 amide bonds. The van der Waals surface area contributed by atoms with Crippen LogP contribution in [-0.2, 0) is 0 Å². The van der Waals surface area contributed by atoms with Crippen molar-refractivity contribution in [1.82, 2.24) is 24.5 Å². The second-order valence-corrected chi connectivity index (χ2v) is 7.37. The number of fused-ring (bicyclic) bond motifs is 1. The molecule has 4 aromatic rings. The van der Waals surface area contributed by atoms with Crippen molar-refractivity contribution in [2.45, 2.75) is 6.10 Å². The summed E-state index contributed by atoms with van der Waals surface area (Å²) in [4.78, 5) is 13.5. The normalized spacial score (nSPS) is 16.2. The van der Waals surface area contributed by atoms with Gasteiger partial charge < -0.3 is 20.2 Å². The molecule has 4 heterocycles. The molecule has 1 aliphatic rings. The SMILES string of the molecule is Nc1nc(N2CCN(CC(O)c3ccccc3)CC2)cc2nc(-c3ccco3)nn12. The van der Waals surface area contributed by atoms with Crippen LogP contribution >= 0.6 is 0 Å². The quantitative estimate of drug-likeness (QED) is 0.518. The number of nitrogens with zero attached hydrogens (tertiary/aromatic N) is 6. The number of β-amino-alcohol motifs (C(OH)–C–C–N with tert-alkyl or cyclic N) is 1. The van der Waals surface area contributed by atoms with Crippen LogP contribution in [0.1, 0.15) is 11.7 Å². The highest BCUT2D eigenvalue weighted by Crippen LogP contribution is 2.22. The van der Waals surface area contributed by atoms with Crippen LogP contribution in [0.4, 0.5) is 11.8 Å². The Kier molecular flexibility index (Phi) is 4.82. The maximum Gasteiger partial charge on any atom is 0.225 e. The van der Waals surface area contributed by atoms with Gasteiger partial charge in [-0.05, 0) is 17.7 Å². The largest absolute Gasteiger partial charge is 0.461 e. The zero-order valence-electron chi connectivity index (χ0n) is 16.4. The maximum absolute atomic E-state index is 10.5. The lowest BCUT2D eigenvalue weighted by Crippen LogP contribution is -2.47. The van der Waals surface area contributed by atoms with Gasteiger partial charge in [-0.1, -0.05) is 30.3 Å². The predicted molar refractivity (Wildman–Crippen MR) is 113 cm³/mol. The van der Waals surface area contributed by atoms with Gasteiger partial charge in [-0.15, -0.1) is 5.10 Å². The van der Waals surface area contributed by atoms with E-state index in [0.717, 1.165) is 37.6 Å². The number of aliphatic hydroxyl groups is 1. The summed E-state index contributed by atoms with van der Waals surface area (Å²) in [6.45, 7) is 3.87. The molecule has 0 saturated carbocycles. The second-order valence-electron chi connectivity index (χ2n) is 7.37. The van der Waals surface area contributed by atoms with E-state index in [4.69, 9.17) is 10.2 Å². The van der Waals surface area contributed by atoms with E-state index >= 15 is 0 Å². The third kappa shape index (κ3) is 3.60. The van der Waals surface area contributed by atoms with Gasteiger partial charge in [0.15, 0.2) is 11.4 Å². The molecule has 0 radical (unpaired) electrons. The van der Waals surface area contributed by atoms with Crippen LogP contribution in [0, 0.1) is 0 Å². The van der Waals surface area contributed by atoms with E-state index in [1.807, 2.05) is 42.5 Å². The van der Waals surface area contributed by atoms with Crippen LogP contribution < -0.4 is 10.6 Å². The Morgan fingerprint density at radius 1 is 1.03 bits per heavy atom. The minimum Gasteiger partial charge on any atom is -0.461 e. The van der Waals surface area contributed by atoms with Crippen LogP contribution in [-0.4, -0.2) is 62.3 Å². The summed E-state index contributed by atoms with van der Waals surface area (Å²) in [5.74, 6) is 2.13. The number of nitrogen functional groups attached to an aromatic ring is 1. The fourth-order valence-electron chi connectivity index (χ4n) is 3.76. The van der Waals surface area contributed by atoms with Crippen molar-refractivity contribution in [3.63, 3.8) is 0 Å². The number of piperazine rings is 1. The molecule has 9 heteroatoms. The van der Waals surface area contributed by atoms with Crippen molar-refractivity contribution in [3.8, 4) is 11.6 Å². The minimum atomic E-state index is -0.487. The van der Waals surface area contributed by atoms with Crippen molar-refractivity contribution < 1.29 is 9.52 Å². The molecule has 5 rings (SSSR count). The number of anilines is 2. The molecule has 0 spiro atoms. The number of rotatable bonds is 5. The Balaban J connectivity index is 1.28. The minimum absolute atomic E-state index is 0.287. The standard InChI is InChI=1S/C21H23N7O2/c22-21-24-18(13-19-23-20(25-28(19)21)17-7-4-12-30-17)27-10-8-26(9-11-27)14-16(29)15-5-2-1-3-6-15/h1-7,12-13,16,29H,8-11,14H2,(H2,22,24). The Morgan fingerprint density at radius 2 is 1.83 bits per heavy atom. The van der Waals surface area contributed by atoms with E-state index in [1.165, 1.54) is 4.52 Å². The fourth-order valence-corrected chi connectivity index (χ4v) is 3.76. The lowest BCUT2D eigenvalue weighted by atomic mass is 10.1. The maximum atomic E-state index is 10.5. The first-order valence-corrected chi connectivity index (χ1v) is 9.95. The fraction of sp³-hybridized carbons (Fsp3) is 0.286. The Bertz CT molecular complexity index is 1120. The van der Waals surface area contributed by atoms with E-state index in [9.17, 15) is 5.11 Å². The summed E-state index contributed by atoms with van der Waals surface area (Å²) in [5, 5.41) is 14.9. The predicted octanol–water partition coefficient (Wildman–Crippen LogP) is 1.82. The van der Waals surface area contributed by atoms with Gasteiger partial charge in [-0.3, -0.25) is 4.90 Å². The summed E-state index contributed by atoms with van der Waals surface area (Å²) in [6.07, 6.45) is 1.10. The number of furan rings is 1. The van der Waals surface area contributed by atoms with Crippen LogP contribution in [0.2, 0.25) is 0 Å². The summed E-state index contributed by atoms with van der Waals surface area (Å²) < 4.78 is 6.90. The number of benzene rings is 1. The molecule has 0 bridgehead atoms. The van der Waals surface area contributed by atoms with Crippen molar-refractivity contribution >= 4 is 17.4 Å². The molecule has 1 aromatic carbocycles. The summed E-state index contributed by atoms with van der Waals surface area (Å²) in [7, 11) is 0. The lowest BCUT2D eigenvalue weighted by Gasteiger charge is -2.36. The summed E-state index contributed by atoms with van der Waals surface area (Å²) in [5.41, 5.74) is 7.71. The van der Waals surface area contributed by atoms with E-state index < -0.39 is 6.10 Å². The highest BCUT2D eigenvalue weighted by Gasteiger charge is 2.22. The summed E-state index contributed by atoms with van der Waals surface area (Å²) >= 11 is 0.